The van der Waals surface area contributed by atoms with Crippen molar-refractivity contribution in [2.24, 2.45) is 0 Å². The topological polar surface area (TPSA) is 26.3 Å². The fourth-order valence-electron chi connectivity index (χ4n) is 1.44. The summed E-state index contributed by atoms with van der Waals surface area (Å²) >= 11 is 0. The summed E-state index contributed by atoms with van der Waals surface area (Å²) in [5.41, 5.74) is -0.349. The van der Waals surface area contributed by atoms with Crippen molar-refractivity contribution < 1.29 is 18.3 Å². The molecular formula is C14H10F2O2. The van der Waals surface area contributed by atoms with Crippen LogP contribution in [0.4, 0.5) is 8.78 Å². The minimum Gasteiger partial charge on any atom is -0.457 e. The molecule has 2 aromatic carbocycles. The van der Waals surface area contributed by atoms with Gasteiger partial charge in [-0.25, -0.2) is 0 Å². The van der Waals surface area contributed by atoms with Crippen molar-refractivity contribution in [1.29, 1.82) is 0 Å². The molecule has 0 bridgehead atoms. The van der Waals surface area contributed by atoms with Crippen LogP contribution in [-0.2, 0) is 10.7 Å². The van der Waals surface area contributed by atoms with Crippen LogP contribution in [-0.4, -0.2) is 6.29 Å². The van der Waals surface area contributed by atoms with Crippen molar-refractivity contribution in [3.8, 4) is 11.5 Å². The highest BCUT2D eigenvalue weighted by Crippen LogP contribution is 2.28. The number of rotatable bonds is 4. The molecule has 2 nitrogen and oxygen atoms in total. The van der Waals surface area contributed by atoms with Gasteiger partial charge in [-0.15, -0.1) is 0 Å². The number of hydrogen-bond donors (Lipinski definition) is 0. The van der Waals surface area contributed by atoms with Crippen LogP contribution in [0, 0.1) is 0 Å². The Morgan fingerprint density at radius 2 is 1.44 bits per heavy atom. The lowest BCUT2D eigenvalue weighted by atomic mass is 10.1. The predicted octanol–water partition coefficient (Wildman–Crippen LogP) is 3.77. The number of hydrogen-bond acceptors (Lipinski definition) is 2. The third kappa shape index (κ3) is 2.71. The Morgan fingerprint density at radius 1 is 0.889 bits per heavy atom. The van der Waals surface area contributed by atoms with Crippen molar-refractivity contribution in [1.82, 2.24) is 0 Å². The fourth-order valence-corrected chi connectivity index (χ4v) is 1.44. The van der Waals surface area contributed by atoms with Crippen LogP contribution in [0.3, 0.4) is 0 Å². The van der Waals surface area contributed by atoms with Crippen LogP contribution >= 0.6 is 0 Å². The molecule has 2 aromatic rings. The van der Waals surface area contributed by atoms with Gasteiger partial charge in [0, 0.05) is 5.56 Å². The second-order valence-corrected chi connectivity index (χ2v) is 3.68. The lowest BCUT2D eigenvalue weighted by Gasteiger charge is -2.10. The van der Waals surface area contributed by atoms with E-state index in [0.29, 0.717) is 11.5 Å². The van der Waals surface area contributed by atoms with E-state index in [2.05, 4.69) is 0 Å². The zero-order valence-electron chi connectivity index (χ0n) is 9.35. The number of ether oxygens (including phenoxy) is 1. The second-order valence-electron chi connectivity index (χ2n) is 3.68. The molecule has 0 atom stereocenters. The van der Waals surface area contributed by atoms with E-state index in [9.17, 15) is 13.6 Å². The Labute approximate surface area is 103 Å². The van der Waals surface area contributed by atoms with Gasteiger partial charge in [0.25, 0.3) is 0 Å². The Hall–Kier alpha value is -2.23. The highest BCUT2D eigenvalue weighted by atomic mass is 19.3. The first-order chi connectivity index (χ1) is 8.62. The summed E-state index contributed by atoms with van der Waals surface area (Å²) in [4.78, 5) is 10.2. The first kappa shape index (κ1) is 12.2. The lowest BCUT2D eigenvalue weighted by Crippen LogP contribution is -2.14. The van der Waals surface area contributed by atoms with Gasteiger partial charge in [-0.2, -0.15) is 8.78 Å². The molecule has 0 saturated heterocycles. The number of alkyl halides is 2. The Balaban J connectivity index is 2.16. The van der Waals surface area contributed by atoms with E-state index in [1.54, 1.807) is 12.1 Å². The van der Waals surface area contributed by atoms with Gasteiger partial charge in [-0.1, -0.05) is 18.2 Å². The van der Waals surface area contributed by atoms with E-state index < -0.39 is 5.92 Å². The summed E-state index contributed by atoms with van der Waals surface area (Å²) in [5.74, 6) is -2.40. The van der Waals surface area contributed by atoms with Crippen LogP contribution in [0.1, 0.15) is 5.56 Å². The van der Waals surface area contributed by atoms with Gasteiger partial charge in [0.05, 0.1) is 0 Å². The predicted molar refractivity (Wildman–Crippen MR) is 62.9 cm³/mol. The number of benzene rings is 2. The third-order valence-corrected chi connectivity index (χ3v) is 2.37. The Morgan fingerprint density at radius 3 is 2.00 bits per heavy atom. The van der Waals surface area contributed by atoms with E-state index in [0.717, 1.165) is 0 Å². The maximum absolute atomic E-state index is 13.0. The van der Waals surface area contributed by atoms with Crippen LogP contribution in [0.15, 0.2) is 54.6 Å². The van der Waals surface area contributed by atoms with Gasteiger partial charge >= 0.3 is 5.92 Å². The maximum Gasteiger partial charge on any atom is 0.327 e. The van der Waals surface area contributed by atoms with Crippen LogP contribution in [0.5, 0.6) is 11.5 Å². The molecule has 0 amide bonds. The molecule has 0 saturated carbocycles. The minimum atomic E-state index is -3.45. The summed E-state index contributed by atoms with van der Waals surface area (Å²) in [6, 6.07) is 14.1. The molecule has 0 heterocycles. The van der Waals surface area contributed by atoms with E-state index in [4.69, 9.17) is 4.74 Å². The Bertz CT molecular complexity index is 521. The van der Waals surface area contributed by atoms with Crippen molar-refractivity contribution >= 4 is 6.29 Å². The summed E-state index contributed by atoms with van der Waals surface area (Å²) in [7, 11) is 0. The summed E-state index contributed by atoms with van der Waals surface area (Å²) in [5, 5.41) is 0. The summed E-state index contributed by atoms with van der Waals surface area (Å²) in [6.45, 7) is 0. The molecule has 0 spiro atoms. The van der Waals surface area contributed by atoms with Crippen molar-refractivity contribution in [3.05, 3.63) is 60.2 Å². The van der Waals surface area contributed by atoms with Crippen molar-refractivity contribution in [3.63, 3.8) is 0 Å². The SMILES string of the molecule is O=CC(F)(F)c1ccc(Oc2ccccc2)cc1. The molecule has 4 heteroatoms. The average molecular weight is 248 g/mol. The van der Waals surface area contributed by atoms with Gasteiger partial charge in [-0.05, 0) is 36.4 Å². The highest BCUT2D eigenvalue weighted by molar-refractivity contribution is 5.63. The number of carbonyl (C=O) groups is 1. The normalized spacial score (nSPS) is 11.0. The molecular weight excluding hydrogens is 238 g/mol. The highest BCUT2D eigenvalue weighted by Gasteiger charge is 2.30. The molecule has 0 aromatic heterocycles. The monoisotopic (exact) mass is 248 g/mol. The molecule has 0 aliphatic heterocycles. The lowest BCUT2D eigenvalue weighted by molar-refractivity contribution is -0.130. The van der Waals surface area contributed by atoms with E-state index >= 15 is 0 Å². The quantitative estimate of drug-likeness (QED) is 0.770. The van der Waals surface area contributed by atoms with Crippen LogP contribution in [0.25, 0.3) is 0 Å². The van der Waals surface area contributed by atoms with E-state index in [1.807, 2.05) is 18.2 Å². The molecule has 0 aliphatic rings. The second kappa shape index (κ2) is 4.96. The number of aldehydes is 1. The molecule has 0 N–H and O–H groups in total. The molecule has 0 unspecified atom stereocenters. The van der Waals surface area contributed by atoms with Gasteiger partial charge < -0.3 is 4.74 Å². The molecule has 0 fully saturated rings. The van der Waals surface area contributed by atoms with Crippen molar-refractivity contribution in [2.45, 2.75) is 5.92 Å². The standard InChI is InChI=1S/C14H10F2O2/c15-14(16,10-17)11-6-8-13(9-7-11)18-12-4-2-1-3-5-12/h1-10H. The molecule has 0 aliphatic carbocycles. The van der Waals surface area contributed by atoms with Gasteiger partial charge in [0.15, 0.2) is 6.29 Å². The van der Waals surface area contributed by atoms with E-state index in [-0.39, 0.29) is 11.8 Å². The largest absolute Gasteiger partial charge is 0.457 e. The van der Waals surface area contributed by atoms with Gasteiger partial charge in [-0.3, -0.25) is 4.79 Å². The average Bonchev–Trinajstić information content (AvgIpc) is 2.40. The van der Waals surface area contributed by atoms with Gasteiger partial charge in [0.2, 0.25) is 0 Å². The minimum absolute atomic E-state index is 0.349. The molecule has 2 rings (SSSR count). The number of halogens is 2. The fraction of sp³-hybridized carbons (Fsp3) is 0.0714. The van der Waals surface area contributed by atoms with E-state index in [1.165, 1.54) is 24.3 Å². The zero-order valence-corrected chi connectivity index (χ0v) is 9.35. The third-order valence-electron chi connectivity index (χ3n) is 2.37. The van der Waals surface area contributed by atoms with Gasteiger partial charge in [0.1, 0.15) is 11.5 Å². The smallest absolute Gasteiger partial charge is 0.327 e. The molecule has 92 valence electrons. The number of para-hydroxylation sites is 1. The van der Waals surface area contributed by atoms with Crippen molar-refractivity contribution in [2.75, 3.05) is 0 Å². The summed E-state index contributed by atoms with van der Waals surface area (Å²) < 4.78 is 31.5. The van der Waals surface area contributed by atoms with Crippen LogP contribution < -0.4 is 4.74 Å². The Kier molecular flexibility index (Phi) is 3.37. The number of carbonyl (C=O) groups excluding carboxylic acids is 1. The van der Waals surface area contributed by atoms with Crippen LogP contribution in [0.2, 0.25) is 0 Å². The summed E-state index contributed by atoms with van der Waals surface area (Å²) in [6.07, 6.45) is -0.375. The zero-order chi connectivity index (χ0) is 13.0. The first-order valence-electron chi connectivity index (χ1n) is 5.29. The molecule has 0 radical (unpaired) electrons. The molecule has 18 heavy (non-hydrogen) atoms. The maximum atomic E-state index is 13.0. The first-order valence-corrected chi connectivity index (χ1v) is 5.29.